The van der Waals surface area contributed by atoms with Crippen LogP contribution in [0.15, 0.2) is 36.7 Å². The van der Waals surface area contributed by atoms with Gasteiger partial charge in [0.2, 0.25) is 5.88 Å². The second-order valence-electron chi connectivity index (χ2n) is 5.90. The van der Waals surface area contributed by atoms with Crippen LogP contribution in [0, 0.1) is 0 Å². The number of hydrogen-bond acceptors (Lipinski definition) is 3. The minimum atomic E-state index is 0.112. The summed E-state index contributed by atoms with van der Waals surface area (Å²) in [5, 5.41) is 3.51. The van der Waals surface area contributed by atoms with Crippen molar-refractivity contribution in [2.45, 2.75) is 39.4 Å². The van der Waals surface area contributed by atoms with Gasteiger partial charge in [0.05, 0.1) is 13.7 Å². The number of methoxy groups -OCH3 is 1. The summed E-state index contributed by atoms with van der Waals surface area (Å²) in [6.45, 7) is 8.13. The van der Waals surface area contributed by atoms with Crippen LogP contribution in [0.5, 0.6) is 5.88 Å². The lowest BCUT2D eigenvalue weighted by molar-refractivity contribution is 0.390. The van der Waals surface area contributed by atoms with E-state index >= 15 is 0 Å². The highest BCUT2D eigenvalue weighted by Gasteiger charge is 2.11. The normalized spacial score (nSPS) is 11.6. The molecule has 4 nitrogen and oxygen atoms in total. The smallest absolute Gasteiger partial charge is 0.218 e. The molecular weight excluding hydrogens is 250 g/mol. The SMILES string of the molecule is COc1ncccc1Cn1cccc1CNC(C)(C)C. The van der Waals surface area contributed by atoms with Crippen molar-refractivity contribution < 1.29 is 4.74 Å². The second kappa shape index (κ2) is 6.09. The van der Waals surface area contributed by atoms with Gasteiger partial charge in [-0.25, -0.2) is 4.98 Å². The summed E-state index contributed by atoms with van der Waals surface area (Å²) >= 11 is 0. The molecule has 0 atom stereocenters. The molecule has 0 fully saturated rings. The van der Waals surface area contributed by atoms with Gasteiger partial charge in [-0.05, 0) is 39.0 Å². The Hall–Kier alpha value is -1.81. The minimum Gasteiger partial charge on any atom is -0.481 e. The summed E-state index contributed by atoms with van der Waals surface area (Å²) in [4.78, 5) is 4.24. The maximum atomic E-state index is 5.31. The predicted octanol–water partition coefficient (Wildman–Crippen LogP) is 2.83. The first kappa shape index (κ1) is 14.6. The second-order valence-corrected chi connectivity index (χ2v) is 5.90. The molecule has 2 rings (SSSR count). The van der Waals surface area contributed by atoms with Gasteiger partial charge < -0.3 is 14.6 Å². The topological polar surface area (TPSA) is 39.1 Å². The Kier molecular flexibility index (Phi) is 4.45. The van der Waals surface area contributed by atoms with Crippen LogP contribution in [0.4, 0.5) is 0 Å². The Balaban J connectivity index is 2.12. The molecule has 0 bridgehead atoms. The van der Waals surface area contributed by atoms with Gasteiger partial charge in [0.1, 0.15) is 0 Å². The van der Waals surface area contributed by atoms with Gasteiger partial charge in [-0.3, -0.25) is 0 Å². The van der Waals surface area contributed by atoms with E-state index in [1.54, 1.807) is 13.3 Å². The highest BCUT2D eigenvalue weighted by Crippen LogP contribution is 2.17. The highest BCUT2D eigenvalue weighted by molar-refractivity contribution is 5.26. The lowest BCUT2D eigenvalue weighted by Crippen LogP contribution is -2.35. The Bertz CT molecular complexity index is 555. The molecule has 0 unspecified atom stereocenters. The van der Waals surface area contributed by atoms with Crippen LogP contribution < -0.4 is 10.1 Å². The zero-order valence-corrected chi connectivity index (χ0v) is 12.7. The summed E-state index contributed by atoms with van der Waals surface area (Å²) in [5.74, 6) is 0.691. The van der Waals surface area contributed by atoms with Crippen LogP contribution in [0.1, 0.15) is 32.0 Å². The summed E-state index contributed by atoms with van der Waals surface area (Å²) in [5.41, 5.74) is 2.45. The maximum Gasteiger partial charge on any atom is 0.218 e. The number of pyridine rings is 1. The number of ether oxygens (including phenoxy) is 1. The van der Waals surface area contributed by atoms with Crippen molar-refractivity contribution in [2.75, 3.05) is 7.11 Å². The molecule has 0 saturated heterocycles. The third-order valence-electron chi connectivity index (χ3n) is 3.11. The molecule has 0 amide bonds. The lowest BCUT2D eigenvalue weighted by atomic mass is 10.1. The maximum absolute atomic E-state index is 5.31. The van der Waals surface area contributed by atoms with E-state index in [-0.39, 0.29) is 5.54 Å². The van der Waals surface area contributed by atoms with Crippen molar-refractivity contribution in [1.82, 2.24) is 14.9 Å². The average Bonchev–Trinajstić information content (AvgIpc) is 2.83. The zero-order chi connectivity index (χ0) is 14.6. The van der Waals surface area contributed by atoms with Crippen LogP contribution in [0.3, 0.4) is 0 Å². The molecular formula is C16H23N3O. The molecule has 4 heteroatoms. The van der Waals surface area contributed by atoms with E-state index in [1.165, 1.54) is 5.69 Å². The molecule has 0 aromatic carbocycles. The van der Waals surface area contributed by atoms with Crippen LogP contribution >= 0.6 is 0 Å². The fraction of sp³-hybridized carbons (Fsp3) is 0.438. The summed E-state index contributed by atoms with van der Waals surface area (Å²) < 4.78 is 7.53. The Morgan fingerprint density at radius 3 is 2.75 bits per heavy atom. The molecule has 0 aliphatic carbocycles. The van der Waals surface area contributed by atoms with Gasteiger partial charge in [-0.15, -0.1) is 0 Å². The highest BCUT2D eigenvalue weighted by atomic mass is 16.5. The van der Waals surface area contributed by atoms with Gasteiger partial charge in [0.15, 0.2) is 0 Å². The number of nitrogens with one attached hydrogen (secondary N) is 1. The molecule has 108 valence electrons. The van der Waals surface area contributed by atoms with Crippen LogP contribution in [0.25, 0.3) is 0 Å². The van der Waals surface area contributed by atoms with Crippen molar-refractivity contribution in [2.24, 2.45) is 0 Å². The number of aromatic nitrogens is 2. The van der Waals surface area contributed by atoms with E-state index in [9.17, 15) is 0 Å². The zero-order valence-electron chi connectivity index (χ0n) is 12.7. The molecule has 0 saturated carbocycles. The Morgan fingerprint density at radius 2 is 2.05 bits per heavy atom. The standard InChI is InChI=1S/C16H23N3O/c1-16(2,3)18-11-14-8-6-10-19(14)12-13-7-5-9-17-15(13)20-4/h5-10,18H,11-12H2,1-4H3. The molecule has 2 heterocycles. The Morgan fingerprint density at radius 1 is 1.25 bits per heavy atom. The molecule has 20 heavy (non-hydrogen) atoms. The van der Waals surface area contributed by atoms with Gasteiger partial charge in [0.25, 0.3) is 0 Å². The largest absolute Gasteiger partial charge is 0.481 e. The molecule has 2 aromatic heterocycles. The number of rotatable bonds is 5. The molecule has 0 aliphatic heterocycles. The van der Waals surface area contributed by atoms with Gasteiger partial charge >= 0.3 is 0 Å². The number of nitrogens with zero attached hydrogens (tertiary/aromatic N) is 2. The van der Waals surface area contributed by atoms with Crippen LogP contribution in [-0.4, -0.2) is 22.2 Å². The first-order chi connectivity index (χ1) is 9.49. The fourth-order valence-electron chi connectivity index (χ4n) is 2.03. The Labute approximate surface area is 120 Å². The van der Waals surface area contributed by atoms with E-state index in [0.29, 0.717) is 5.88 Å². The third kappa shape index (κ3) is 3.84. The summed E-state index contributed by atoms with van der Waals surface area (Å²) in [6, 6.07) is 8.20. The third-order valence-corrected chi connectivity index (χ3v) is 3.11. The van der Waals surface area contributed by atoms with Gasteiger partial charge in [-0.2, -0.15) is 0 Å². The lowest BCUT2D eigenvalue weighted by Gasteiger charge is -2.21. The van der Waals surface area contributed by atoms with E-state index in [1.807, 2.05) is 12.1 Å². The van der Waals surface area contributed by atoms with E-state index in [4.69, 9.17) is 4.74 Å². The predicted molar refractivity (Wildman–Crippen MR) is 80.9 cm³/mol. The fourth-order valence-corrected chi connectivity index (χ4v) is 2.03. The van der Waals surface area contributed by atoms with E-state index in [0.717, 1.165) is 18.7 Å². The van der Waals surface area contributed by atoms with Gasteiger partial charge in [0, 0.05) is 35.7 Å². The minimum absolute atomic E-state index is 0.112. The van der Waals surface area contributed by atoms with E-state index < -0.39 is 0 Å². The first-order valence-electron chi connectivity index (χ1n) is 6.86. The monoisotopic (exact) mass is 273 g/mol. The molecule has 2 aromatic rings. The molecule has 0 spiro atoms. The molecule has 0 radical (unpaired) electrons. The van der Waals surface area contributed by atoms with Crippen molar-refractivity contribution in [3.05, 3.63) is 47.9 Å². The van der Waals surface area contributed by atoms with E-state index in [2.05, 4.69) is 54.0 Å². The number of hydrogen-bond donors (Lipinski definition) is 1. The van der Waals surface area contributed by atoms with Crippen molar-refractivity contribution in [3.63, 3.8) is 0 Å². The average molecular weight is 273 g/mol. The molecule has 1 N–H and O–H groups in total. The summed E-state index contributed by atoms with van der Waals surface area (Å²) in [6.07, 6.45) is 3.84. The van der Waals surface area contributed by atoms with Gasteiger partial charge in [-0.1, -0.05) is 6.07 Å². The molecule has 0 aliphatic rings. The summed E-state index contributed by atoms with van der Waals surface area (Å²) in [7, 11) is 1.66. The van der Waals surface area contributed by atoms with Crippen LogP contribution in [0.2, 0.25) is 0 Å². The van der Waals surface area contributed by atoms with Crippen molar-refractivity contribution >= 4 is 0 Å². The van der Waals surface area contributed by atoms with Crippen molar-refractivity contribution in [1.29, 1.82) is 0 Å². The quantitative estimate of drug-likeness (QED) is 0.910. The van der Waals surface area contributed by atoms with Crippen molar-refractivity contribution in [3.8, 4) is 5.88 Å². The first-order valence-corrected chi connectivity index (χ1v) is 6.86. The van der Waals surface area contributed by atoms with Crippen LogP contribution in [-0.2, 0) is 13.1 Å².